The highest BCUT2D eigenvalue weighted by Gasteiger charge is 2.25. The molecule has 2 aromatic carbocycles. The van der Waals surface area contributed by atoms with Crippen molar-refractivity contribution < 1.29 is 17.6 Å². The first kappa shape index (κ1) is 22.6. The third-order valence-corrected chi connectivity index (χ3v) is 7.04. The van der Waals surface area contributed by atoms with E-state index in [9.17, 15) is 17.6 Å². The Morgan fingerprint density at radius 2 is 1.71 bits per heavy atom. The number of hydrogen-bond acceptors (Lipinski definition) is 3. The fraction of sp³-hybridized carbons (Fsp3) is 0.316. The van der Waals surface area contributed by atoms with E-state index < -0.39 is 21.7 Å². The molecule has 0 bridgehead atoms. The van der Waals surface area contributed by atoms with Crippen LogP contribution in [0.1, 0.15) is 29.8 Å². The first-order valence-electron chi connectivity index (χ1n) is 8.61. The molecule has 0 heterocycles. The molecule has 0 aliphatic carbocycles. The maximum atomic E-state index is 14.0. The van der Waals surface area contributed by atoms with Crippen LogP contribution < -0.4 is 0 Å². The van der Waals surface area contributed by atoms with Crippen LogP contribution in [0.25, 0.3) is 0 Å². The quantitative estimate of drug-likeness (QED) is 0.631. The van der Waals surface area contributed by atoms with Crippen LogP contribution in [0.3, 0.4) is 0 Å². The SMILES string of the molecule is CCN(CC)S(=O)(=O)c1ccc(Cl)c(C(=O)N(C)Cc2c(F)cccc2Cl)c1. The van der Waals surface area contributed by atoms with Crippen LogP contribution in [0, 0.1) is 5.82 Å². The summed E-state index contributed by atoms with van der Waals surface area (Å²) in [6, 6.07) is 8.24. The van der Waals surface area contributed by atoms with E-state index in [0.717, 1.165) is 0 Å². The van der Waals surface area contributed by atoms with E-state index in [1.54, 1.807) is 13.8 Å². The summed E-state index contributed by atoms with van der Waals surface area (Å²) in [7, 11) is -2.28. The molecule has 2 aromatic rings. The molecule has 0 saturated carbocycles. The van der Waals surface area contributed by atoms with Gasteiger partial charge in [0.25, 0.3) is 5.91 Å². The maximum absolute atomic E-state index is 14.0. The molecule has 28 heavy (non-hydrogen) atoms. The molecule has 1 amide bonds. The Hall–Kier alpha value is -1.67. The minimum atomic E-state index is -3.75. The van der Waals surface area contributed by atoms with Crippen molar-refractivity contribution >= 4 is 39.1 Å². The van der Waals surface area contributed by atoms with E-state index in [1.165, 1.54) is 52.7 Å². The minimum absolute atomic E-state index is 0.0184. The van der Waals surface area contributed by atoms with Crippen molar-refractivity contribution in [3.05, 3.63) is 63.4 Å². The van der Waals surface area contributed by atoms with Crippen LogP contribution >= 0.6 is 23.2 Å². The van der Waals surface area contributed by atoms with Crippen molar-refractivity contribution in [3.8, 4) is 0 Å². The summed E-state index contributed by atoms with van der Waals surface area (Å²) < 4.78 is 40.7. The number of halogens is 3. The molecule has 152 valence electrons. The molecule has 5 nitrogen and oxygen atoms in total. The van der Waals surface area contributed by atoms with Gasteiger partial charge in [-0.15, -0.1) is 0 Å². The van der Waals surface area contributed by atoms with Gasteiger partial charge in [0, 0.05) is 37.3 Å². The molecule has 2 rings (SSSR count). The summed E-state index contributed by atoms with van der Waals surface area (Å²) in [6.07, 6.45) is 0. The van der Waals surface area contributed by atoms with Crippen LogP contribution in [0.5, 0.6) is 0 Å². The summed E-state index contributed by atoms with van der Waals surface area (Å²) in [4.78, 5) is 14.1. The predicted molar refractivity (Wildman–Crippen MR) is 109 cm³/mol. The molecule has 0 unspecified atom stereocenters. The summed E-state index contributed by atoms with van der Waals surface area (Å²) in [6.45, 7) is 3.98. The second-order valence-corrected chi connectivity index (χ2v) is 8.84. The topological polar surface area (TPSA) is 57.7 Å². The highest BCUT2D eigenvalue weighted by molar-refractivity contribution is 7.89. The largest absolute Gasteiger partial charge is 0.337 e. The van der Waals surface area contributed by atoms with Crippen molar-refractivity contribution in [1.29, 1.82) is 0 Å². The monoisotopic (exact) mass is 446 g/mol. The van der Waals surface area contributed by atoms with Gasteiger partial charge in [0.2, 0.25) is 10.0 Å². The Kier molecular flexibility index (Phi) is 7.45. The summed E-state index contributed by atoms with van der Waals surface area (Å²) in [5.41, 5.74) is 0.188. The van der Waals surface area contributed by atoms with E-state index in [0.29, 0.717) is 13.1 Å². The maximum Gasteiger partial charge on any atom is 0.255 e. The van der Waals surface area contributed by atoms with Crippen LogP contribution in [0.4, 0.5) is 4.39 Å². The first-order chi connectivity index (χ1) is 13.1. The van der Waals surface area contributed by atoms with Crippen molar-refractivity contribution in [3.63, 3.8) is 0 Å². The van der Waals surface area contributed by atoms with E-state index >= 15 is 0 Å². The number of hydrogen-bond donors (Lipinski definition) is 0. The number of benzene rings is 2. The van der Waals surface area contributed by atoms with E-state index in [1.807, 2.05) is 0 Å². The fourth-order valence-electron chi connectivity index (χ4n) is 2.74. The third-order valence-electron chi connectivity index (χ3n) is 4.32. The molecule has 0 saturated heterocycles. The Balaban J connectivity index is 2.38. The Labute approximate surface area is 174 Å². The molecule has 0 N–H and O–H groups in total. The van der Waals surface area contributed by atoms with Gasteiger partial charge in [-0.2, -0.15) is 4.31 Å². The molecule has 9 heteroatoms. The van der Waals surface area contributed by atoms with Gasteiger partial charge >= 0.3 is 0 Å². The van der Waals surface area contributed by atoms with Crippen molar-refractivity contribution in [1.82, 2.24) is 9.21 Å². The second-order valence-electron chi connectivity index (χ2n) is 6.09. The highest BCUT2D eigenvalue weighted by Crippen LogP contribution is 2.26. The Morgan fingerprint density at radius 3 is 2.29 bits per heavy atom. The van der Waals surface area contributed by atoms with Crippen LogP contribution in [-0.2, 0) is 16.6 Å². The lowest BCUT2D eigenvalue weighted by Gasteiger charge is -2.21. The van der Waals surface area contributed by atoms with Gasteiger partial charge in [-0.3, -0.25) is 4.79 Å². The van der Waals surface area contributed by atoms with Crippen molar-refractivity contribution in [2.24, 2.45) is 0 Å². The zero-order chi connectivity index (χ0) is 21.1. The second kappa shape index (κ2) is 9.22. The number of sulfonamides is 1. The number of carbonyl (C=O) groups excluding carboxylic acids is 1. The molecule has 0 fully saturated rings. The van der Waals surface area contributed by atoms with Crippen LogP contribution in [-0.4, -0.2) is 43.7 Å². The van der Waals surface area contributed by atoms with Gasteiger partial charge in [0.05, 0.1) is 15.5 Å². The zero-order valence-electron chi connectivity index (χ0n) is 15.7. The van der Waals surface area contributed by atoms with Crippen molar-refractivity contribution in [2.75, 3.05) is 20.1 Å². The van der Waals surface area contributed by atoms with E-state index in [4.69, 9.17) is 23.2 Å². The van der Waals surface area contributed by atoms with Gasteiger partial charge in [0.1, 0.15) is 5.82 Å². The van der Waals surface area contributed by atoms with Gasteiger partial charge in [0.15, 0.2) is 0 Å². The molecule has 0 atom stereocenters. The van der Waals surface area contributed by atoms with Gasteiger partial charge in [-0.05, 0) is 30.3 Å². The average molecular weight is 447 g/mol. The lowest BCUT2D eigenvalue weighted by Crippen LogP contribution is -2.31. The number of carbonyl (C=O) groups is 1. The molecule has 0 spiro atoms. The third kappa shape index (κ3) is 4.66. The Bertz CT molecular complexity index is 959. The van der Waals surface area contributed by atoms with Gasteiger partial charge in [-0.25, -0.2) is 12.8 Å². The molecule has 0 radical (unpaired) electrons. The molecule has 0 aliphatic rings. The molecule has 0 aliphatic heterocycles. The number of rotatable bonds is 7. The summed E-state index contributed by atoms with van der Waals surface area (Å²) >= 11 is 12.2. The molecular formula is C19H21Cl2FN2O3S. The van der Waals surface area contributed by atoms with Crippen LogP contribution in [0.2, 0.25) is 10.0 Å². The van der Waals surface area contributed by atoms with E-state index in [-0.39, 0.29) is 32.6 Å². The van der Waals surface area contributed by atoms with Gasteiger partial charge < -0.3 is 4.90 Å². The number of nitrogens with zero attached hydrogens (tertiary/aromatic N) is 2. The summed E-state index contributed by atoms with van der Waals surface area (Å²) in [5.74, 6) is -1.07. The lowest BCUT2D eigenvalue weighted by atomic mass is 10.1. The molecular weight excluding hydrogens is 426 g/mol. The Morgan fingerprint density at radius 1 is 1.07 bits per heavy atom. The lowest BCUT2D eigenvalue weighted by molar-refractivity contribution is 0.0784. The average Bonchev–Trinajstić information content (AvgIpc) is 2.65. The predicted octanol–water partition coefficient (Wildman–Crippen LogP) is 4.44. The zero-order valence-corrected chi connectivity index (χ0v) is 18.1. The number of amides is 1. The summed E-state index contributed by atoms with van der Waals surface area (Å²) in [5, 5.41) is 0.304. The smallest absolute Gasteiger partial charge is 0.255 e. The molecule has 0 aromatic heterocycles. The minimum Gasteiger partial charge on any atom is -0.337 e. The van der Waals surface area contributed by atoms with Crippen LogP contribution in [0.15, 0.2) is 41.3 Å². The van der Waals surface area contributed by atoms with E-state index in [2.05, 4.69) is 0 Å². The van der Waals surface area contributed by atoms with Crippen molar-refractivity contribution in [2.45, 2.75) is 25.3 Å². The highest BCUT2D eigenvalue weighted by atomic mass is 35.5. The normalized spacial score (nSPS) is 11.7. The van der Waals surface area contributed by atoms with Gasteiger partial charge in [-0.1, -0.05) is 43.1 Å². The first-order valence-corrected chi connectivity index (χ1v) is 10.8. The standard InChI is InChI=1S/C19H21Cl2FN2O3S/c1-4-24(5-2)28(26,27)13-9-10-17(21)14(11-13)19(25)23(3)12-15-16(20)7-6-8-18(15)22/h6-11H,4-5,12H2,1-3H3. The fourth-order valence-corrected chi connectivity index (χ4v) is 4.65.